The molecule has 0 fully saturated rings. The number of halogens is 2. The summed E-state index contributed by atoms with van der Waals surface area (Å²) in [6.45, 7) is 5.09. The van der Waals surface area contributed by atoms with Crippen LogP contribution in [0.15, 0.2) is 23.1 Å². The SMILES string of the molecule is C[NH+](C)CC(C)(C)CNS(=O)(=O)c1ccc(F)c(Cl)c1. The lowest BCUT2D eigenvalue weighted by atomic mass is 9.93. The average Bonchev–Trinajstić information content (AvgIpc) is 2.29. The van der Waals surface area contributed by atoms with Crippen LogP contribution in [0.4, 0.5) is 4.39 Å². The van der Waals surface area contributed by atoms with Gasteiger partial charge in [-0.3, -0.25) is 0 Å². The quantitative estimate of drug-likeness (QED) is 0.818. The molecule has 0 spiro atoms. The van der Waals surface area contributed by atoms with Crippen LogP contribution in [0.3, 0.4) is 0 Å². The molecular formula is C13H21ClFN2O2S+. The second-order valence-corrected chi connectivity index (χ2v) is 8.12. The van der Waals surface area contributed by atoms with Crippen molar-refractivity contribution in [3.05, 3.63) is 29.0 Å². The maximum atomic E-state index is 13.1. The summed E-state index contributed by atoms with van der Waals surface area (Å²) >= 11 is 5.61. The highest BCUT2D eigenvalue weighted by Gasteiger charge is 2.25. The summed E-state index contributed by atoms with van der Waals surface area (Å²) in [5, 5.41) is -0.204. The molecule has 2 N–H and O–H groups in total. The molecular weight excluding hydrogens is 303 g/mol. The van der Waals surface area contributed by atoms with Gasteiger partial charge in [-0.25, -0.2) is 17.5 Å². The van der Waals surface area contributed by atoms with Crippen molar-refractivity contribution in [3.63, 3.8) is 0 Å². The Morgan fingerprint density at radius 1 is 1.35 bits per heavy atom. The zero-order valence-electron chi connectivity index (χ0n) is 12.1. The topological polar surface area (TPSA) is 50.6 Å². The fourth-order valence-corrected chi connectivity index (χ4v) is 3.55. The Morgan fingerprint density at radius 2 is 1.95 bits per heavy atom. The standard InChI is InChI=1S/C13H20ClFN2O2S/c1-13(2,9-17(3)4)8-16-20(18,19)10-5-6-12(15)11(14)7-10/h5-7,16H,8-9H2,1-4H3/p+1. The summed E-state index contributed by atoms with van der Waals surface area (Å²) in [6, 6.07) is 3.36. The van der Waals surface area contributed by atoms with Crippen LogP contribution in [0.1, 0.15) is 13.8 Å². The molecule has 0 aromatic heterocycles. The first kappa shape index (κ1) is 17.4. The first-order valence-electron chi connectivity index (χ1n) is 6.27. The normalized spacial score (nSPS) is 12.9. The Kier molecular flexibility index (Phi) is 5.54. The summed E-state index contributed by atoms with van der Waals surface area (Å²) in [5.74, 6) is -0.637. The average molecular weight is 324 g/mol. The second kappa shape index (κ2) is 6.39. The molecule has 1 aromatic carbocycles. The number of nitrogens with one attached hydrogen (secondary N) is 2. The van der Waals surface area contributed by atoms with Gasteiger partial charge in [0.1, 0.15) is 5.82 Å². The van der Waals surface area contributed by atoms with Crippen LogP contribution >= 0.6 is 11.6 Å². The van der Waals surface area contributed by atoms with E-state index < -0.39 is 15.8 Å². The van der Waals surface area contributed by atoms with Gasteiger partial charge in [0.25, 0.3) is 0 Å². The zero-order chi connectivity index (χ0) is 15.6. The fourth-order valence-electron chi connectivity index (χ4n) is 2.04. The number of quaternary nitrogens is 1. The summed E-state index contributed by atoms with van der Waals surface area (Å²) in [5.41, 5.74) is -0.185. The highest BCUT2D eigenvalue weighted by molar-refractivity contribution is 7.89. The van der Waals surface area contributed by atoms with Crippen molar-refractivity contribution in [1.29, 1.82) is 0 Å². The lowest BCUT2D eigenvalue weighted by Gasteiger charge is -2.26. The van der Waals surface area contributed by atoms with Crippen LogP contribution in [0.25, 0.3) is 0 Å². The van der Waals surface area contributed by atoms with Crippen molar-refractivity contribution in [2.24, 2.45) is 5.41 Å². The van der Waals surface area contributed by atoms with E-state index in [0.717, 1.165) is 18.7 Å². The maximum absolute atomic E-state index is 13.1. The Hall–Kier alpha value is -0.690. The number of rotatable bonds is 6. The van der Waals surface area contributed by atoms with E-state index in [-0.39, 0.29) is 15.3 Å². The molecule has 0 saturated heterocycles. The van der Waals surface area contributed by atoms with Crippen LogP contribution in [-0.2, 0) is 10.0 Å². The Labute approximate surface area is 125 Å². The largest absolute Gasteiger partial charge is 0.339 e. The third-order valence-corrected chi connectivity index (χ3v) is 4.46. The number of benzene rings is 1. The molecule has 0 aliphatic heterocycles. The van der Waals surface area contributed by atoms with Gasteiger partial charge >= 0.3 is 0 Å². The molecule has 7 heteroatoms. The molecule has 0 amide bonds. The first-order chi connectivity index (χ1) is 9.03. The molecule has 0 radical (unpaired) electrons. The molecule has 1 rings (SSSR count). The Balaban J connectivity index is 2.82. The highest BCUT2D eigenvalue weighted by Crippen LogP contribution is 2.20. The van der Waals surface area contributed by atoms with Gasteiger partial charge in [0, 0.05) is 12.0 Å². The lowest BCUT2D eigenvalue weighted by molar-refractivity contribution is -0.865. The summed E-state index contributed by atoms with van der Waals surface area (Å²) in [6.07, 6.45) is 0. The van der Waals surface area contributed by atoms with E-state index in [2.05, 4.69) is 4.72 Å². The second-order valence-electron chi connectivity index (χ2n) is 5.95. The van der Waals surface area contributed by atoms with Crippen LogP contribution in [0, 0.1) is 11.2 Å². The van der Waals surface area contributed by atoms with Crippen LogP contribution < -0.4 is 9.62 Å². The van der Waals surface area contributed by atoms with Crippen molar-refractivity contribution in [1.82, 2.24) is 4.72 Å². The van der Waals surface area contributed by atoms with E-state index in [1.807, 2.05) is 27.9 Å². The molecule has 0 saturated carbocycles. The molecule has 0 heterocycles. The molecule has 20 heavy (non-hydrogen) atoms. The predicted molar refractivity (Wildman–Crippen MR) is 78.1 cm³/mol. The monoisotopic (exact) mass is 323 g/mol. The molecule has 1 aromatic rings. The van der Waals surface area contributed by atoms with Gasteiger partial charge in [-0.1, -0.05) is 25.4 Å². The Morgan fingerprint density at radius 3 is 2.45 bits per heavy atom. The minimum absolute atomic E-state index is 0.0306. The Bertz CT molecular complexity index is 574. The van der Waals surface area contributed by atoms with Gasteiger partial charge in [-0.15, -0.1) is 0 Å². The number of hydrogen-bond donors (Lipinski definition) is 2. The van der Waals surface area contributed by atoms with Gasteiger partial charge in [0.05, 0.1) is 30.6 Å². The van der Waals surface area contributed by atoms with E-state index in [9.17, 15) is 12.8 Å². The van der Waals surface area contributed by atoms with Crippen LogP contribution in [0.5, 0.6) is 0 Å². The molecule has 114 valence electrons. The van der Waals surface area contributed by atoms with Crippen molar-refractivity contribution < 1.29 is 17.7 Å². The van der Waals surface area contributed by atoms with Gasteiger partial charge in [0.15, 0.2) is 0 Å². The van der Waals surface area contributed by atoms with E-state index in [4.69, 9.17) is 11.6 Å². The zero-order valence-corrected chi connectivity index (χ0v) is 13.7. The lowest BCUT2D eigenvalue weighted by Crippen LogP contribution is -3.07. The predicted octanol–water partition coefficient (Wildman–Crippen LogP) is 0.928. The van der Waals surface area contributed by atoms with E-state index in [0.29, 0.717) is 6.54 Å². The highest BCUT2D eigenvalue weighted by atomic mass is 35.5. The van der Waals surface area contributed by atoms with E-state index in [1.165, 1.54) is 11.0 Å². The van der Waals surface area contributed by atoms with Gasteiger partial charge in [0.2, 0.25) is 10.0 Å². The summed E-state index contributed by atoms with van der Waals surface area (Å²) < 4.78 is 39.9. The van der Waals surface area contributed by atoms with Gasteiger partial charge in [-0.2, -0.15) is 0 Å². The third kappa shape index (κ3) is 5.01. The maximum Gasteiger partial charge on any atom is 0.240 e. The molecule has 0 bridgehead atoms. The van der Waals surface area contributed by atoms with Crippen LogP contribution in [0.2, 0.25) is 5.02 Å². The third-order valence-electron chi connectivity index (χ3n) is 2.77. The minimum atomic E-state index is -3.68. The number of hydrogen-bond acceptors (Lipinski definition) is 2. The molecule has 0 aliphatic carbocycles. The first-order valence-corrected chi connectivity index (χ1v) is 8.13. The van der Waals surface area contributed by atoms with Crippen LogP contribution in [-0.4, -0.2) is 35.6 Å². The van der Waals surface area contributed by atoms with Crippen molar-refractivity contribution >= 4 is 21.6 Å². The van der Waals surface area contributed by atoms with Gasteiger partial charge < -0.3 is 4.90 Å². The van der Waals surface area contributed by atoms with Crippen molar-refractivity contribution in [3.8, 4) is 0 Å². The summed E-state index contributed by atoms with van der Waals surface area (Å²) in [4.78, 5) is 1.20. The van der Waals surface area contributed by atoms with E-state index >= 15 is 0 Å². The summed E-state index contributed by atoms with van der Waals surface area (Å²) in [7, 11) is 0.341. The smallest absolute Gasteiger partial charge is 0.240 e. The van der Waals surface area contributed by atoms with E-state index in [1.54, 1.807) is 0 Å². The molecule has 0 aliphatic rings. The molecule has 0 unspecified atom stereocenters. The molecule has 0 atom stereocenters. The van der Waals surface area contributed by atoms with Crippen molar-refractivity contribution in [2.75, 3.05) is 27.2 Å². The van der Waals surface area contributed by atoms with Crippen molar-refractivity contribution in [2.45, 2.75) is 18.7 Å². The van der Waals surface area contributed by atoms with Gasteiger partial charge in [-0.05, 0) is 18.2 Å². The fraction of sp³-hybridized carbons (Fsp3) is 0.538. The molecule has 4 nitrogen and oxygen atoms in total. The number of sulfonamides is 1. The minimum Gasteiger partial charge on any atom is -0.339 e.